The van der Waals surface area contributed by atoms with E-state index in [0.29, 0.717) is 0 Å². The van der Waals surface area contributed by atoms with E-state index in [1.165, 1.54) is 0 Å². The summed E-state index contributed by atoms with van der Waals surface area (Å²) in [5.74, 6) is 1.67. The summed E-state index contributed by atoms with van der Waals surface area (Å²) in [5.41, 5.74) is 2.13. The van der Waals surface area contributed by atoms with Crippen LogP contribution < -0.4 is 10.1 Å². The molecule has 106 valence electrons. The number of nitrogens with one attached hydrogen (secondary N) is 1. The Morgan fingerprint density at radius 1 is 1.00 bits per heavy atom. The minimum absolute atomic E-state index is 0.739. The summed E-state index contributed by atoms with van der Waals surface area (Å²) in [6, 6.07) is 17.7. The van der Waals surface area contributed by atoms with Crippen LogP contribution in [-0.2, 0) is 6.54 Å². The van der Waals surface area contributed by atoms with Gasteiger partial charge in [-0.15, -0.1) is 11.3 Å². The molecule has 0 bridgehead atoms. The van der Waals surface area contributed by atoms with Crippen LogP contribution in [0.3, 0.4) is 0 Å². The summed E-state index contributed by atoms with van der Waals surface area (Å²) in [6.07, 6.45) is 0. The molecule has 21 heavy (non-hydrogen) atoms. The summed E-state index contributed by atoms with van der Waals surface area (Å²) in [7, 11) is 0. The molecule has 0 atom stereocenters. The normalized spacial score (nSPS) is 10.3. The molecule has 0 amide bonds. The van der Waals surface area contributed by atoms with Crippen LogP contribution in [0.25, 0.3) is 0 Å². The average molecular weight is 296 g/mol. The number of thiazole rings is 1. The third kappa shape index (κ3) is 3.83. The smallest absolute Gasteiger partial charge is 0.127 e. The van der Waals surface area contributed by atoms with Crippen LogP contribution >= 0.6 is 11.3 Å². The summed E-state index contributed by atoms with van der Waals surface area (Å²) < 4.78 is 5.76. The number of aromatic nitrogens is 1. The van der Waals surface area contributed by atoms with Gasteiger partial charge >= 0.3 is 0 Å². The predicted molar refractivity (Wildman–Crippen MR) is 87.1 cm³/mol. The van der Waals surface area contributed by atoms with Gasteiger partial charge in [0.15, 0.2) is 0 Å². The van der Waals surface area contributed by atoms with E-state index < -0.39 is 0 Å². The molecule has 1 heterocycles. The zero-order valence-electron chi connectivity index (χ0n) is 11.7. The van der Waals surface area contributed by atoms with E-state index >= 15 is 0 Å². The molecule has 2 aromatic carbocycles. The lowest BCUT2D eigenvalue weighted by Gasteiger charge is -2.08. The summed E-state index contributed by atoms with van der Waals surface area (Å²) >= 11 is 1.67. The van der Waals surface area contributed by atoms with Gasteiger partial charge in [0.05, 0.1) is 17.2 Å². The molecular formula is C17H16N2OS. The molecule has 0 unspecified atom stereocenters. The Balaban J connectivity index is 1.59. The Labute approximate surface area is 128 Å². The number of hydrogen-bond acceptors (Lipinski definition) is 4. The fraction of sp³-hybridized carbons (Fsp3) is 0.118. The zero-order valence-corrected chi connectivity index (χ0v) is 12.6. The number of anilines is 1. The van der Waals surface area contributed by atoms with Gasteiger partial charge in [0, 0.05) is 11.1 Å². The van der Waals surface area contributed by atoms with E-state index in [9.17, 15) is 0 Å². The lowest BCUT2D eigenvalue weighted by atomic mass is 10.3. The molecule has 0 saturated carbocycles. The highest BCUT2D eigenvalue weighted by molar-refractivity contribution is 7.09. The molecule has 0 radical (unpaired) electrons. The van der Waals surface area contributed by atoms with Crippen LogP contribution in [0.15, 0.2) is 60.0 Å². The topological polar surface area (TPSA) is 34.2 Å². The fourth-order valence-corrected chi connectivity index (χ4v) is 2.56. The van der Waals surface area contributed by atoms with Crippen molar-refractivity contribution in [1.29, 1.82) is 0 Å². The number of hydrogen-bond donors (Lipinski definition) is 1. The number of benzene rings is 2. The maximum atomic E-state index is 5.76. The minimum Gasteiger partial charge on any atom is -0.457 e. The van der Waals surface area contributed by atoms with E-state index in [2.05, 4.69) is 15.7 Å². The Kier molecular flexibility index (Phi) is 4.17. The van der Waals surface area contributed by atoms with Crippen LogP contribution in [-0.4, -0.2) is 4.98 Å². The summed E-state index contributed by atoms with van der Waals surface area (Å²) in [4.78, 5) is 4.43. The quantitative estimate of drug-likeness (QED) is 0.730. The van der Waals surface area contributed by atoms with Gasteiger partial charge in [-0.05, 0) is 43.3 Å². The van der Waals surface area contributed by atoms with Crippen molar-refractivity contribution in [2.45, 2.75) is 13.5 Å². The van der Waals surface area contributed by atoms with Crippen molar-refractivity contribution >= 4 is 17.0 Å². The molecule has 3 rings (SSSR count). The number of nitrogens with zero attached hydrogens (tertiary/aromatic N) is 1. The van der Waals surface area contributed by atoms with Crippen LogP contribution in [0.4, 0.5) is 5.69 Å². The number of rotatable bonds is 5. The second-order valence-electron chi connectivity index (χ2n) is 4.65. The Hall–Kier alpha value is -2.33. The molecule has 0 fully saturated rings. The molecule has 1 aromatic heterocycles. The molecule has 3 aromatic rings. The highest BCUT2D eigenvalue weighted by Gasteiger charge is 2.00. The van der Waals surface area contributed by atoms with E-state index in [1.54, 1.807) is 11.3 Å². The lowest BCUT2D eigenvalue weighted by molar-refractivity contribution is 0.483. The first kappa shape index (κ1) is 13.6. The minimum atomic E-state index is 0.739. The van der Waals surface area contributed by atoms with Crippen molar-refractivity contribution in [2.75, 3.05) is 5.32 Å². The lowest BCUT2D eigenvalue weighted by Crippen LogP contribution is -1.99. The van der Waals surface area contributed by atoms with Gasteiger partial charge in [-0.25, -0.2) is 4.98 Å². The number of para-hydroxylation sites is 1. The van der Waals surface area contributed by atoms with Crippen molar-refractivity contribution in [1.82, 2.24) is 4.98 Å². The zero-order chi connectivity index (χ0) is 14.5. The molecule has 4 heteroatoms. The third-order valence-corrected chi connectivity index (χ3v) is 3.80. The fourth-order valence-electron chi connectivity index (χ4n) is 1.95. The highest BCUT2D eigenvalue weighted by atomic mass is 32.1. The molecule has 0 aliphatic rings. The van der Waals surface area contributed by atoms with Gasteiger partial charge < -0.3 is 10.1 Å². The van der Waals surface area contributed by atoms with Gasteiger partial charge in [0.25, 0.3) is 0 Å². The second-order valence-corrected chi connectivity index (χ2v) is 5.71. The van der Waals surface area contributed by atoms with Crippen LogP contribution in [0.1, 0.15) is 10.7 Å². The first-order valence-corrected chi connectivity index (χ1v) is 7.65. The SMILES string of the molecule is Cc1nc(CNc2ccc(Oc3ccccc3)cc2)cs1. The predicted octanol–water partition coefficient (Wildman–Crippen LogP) is 4.86. The Morgan fingerprint density at radius 2 is 1.71 bits per heavy atom. The van der Waals surface area contributed by atoms with Gasteiger partial charge in [0.2, 0.25) is 0 Å². The molecule has 1 N–H and O–H groups in total. The summed E-state index contributed by atoms with van der Waals surface area (Å²) in [6.45, 7) is 2.76. The van der Waals surface area contributed by atoms with Gasteiger partial charge in [-0.2, -0.15) is 0 Å². The van der Waals surface area contributed by atoms with Crippen molar-refractivity contribution in [2.24, 2.45) is 0 Å². The van der Waals surface area contributed by atoms with Crippen molar-refractivity contribution in [3.8, 4) is 11.5 Å². The molecular weight excluding hydrogens is 280 g/mol. The Morgan fingerprint density at radius 3 is 2.38 bits per heavy atom. The van der Waals surface area contributed by atoms with Gasteiger partial charge in [-0.1, -0.05) is 18.2 Å². The van der Waals surface area contributed by atoms with Crippen molar-refractivity contribution in [3.63, 3.8) is 0 Å². The number of ether oxygens (including phenoxy) is 1. The molecule has 0 saturated heterocycles. The van der Waals surface area contributed by atoms with E-state index in [0.717, 1.165) is 34.4 Å². The van der Waals surface area contributed by atoms with Crippen LogP contribution in [0.5, 0.6) is 11.5 Å². The molecule has 0 aliphatic heterocycles. The van der Waals surface area contributed by atoms with Crippen LogP contribution in [0.2, 0.25) is 0 Å². The van der Waals surface area contributed by atoms with E-state index in [4.69, 9.17) is 4.74 Å². The van der Waals surface area contributed by atoms with Gasteiger partial charge in [-0.3, -0.25) is 0 Å². The second kappa shape index (κ2) is 6.41. The molecule has 3 nitrogen and oxygen atoms in total. The largest absolute Gasteiger partial charge is 0.457 e. The highest BCUT2D eigenvalue weighted by Crippen LogP contribution is 2.22. The van der Waals surface area contributed by atoms with E-state index in [1.807, 2.05) is 61.5 Å². The van der Waals surface area contributed by atoms with Crippen LogP contribution in [0, 0.1) is 6.92 Å². The standard InChI is InChI=1S/C17H16N2OS/c1-13-19-15(12-21-13)11-18-14-7-9-17(10-8-14)20-16-5-3-2-4-6-16/h2-10,12,18H,11H2,1H3. The maximum absolute atomic E-state index is 5.76. The third-order valence-electron chi connectivity index (χ3n) is 2.97. The number of aryl methyl sites for hydroxylation is 1. The van der Waals surface area contributed by atoms with E-state index in [-0.39, 0.29) is 0 Å². The monoisotopic (exact) mass is 296 g/mol. The average Bonchev–Trinajstić information content (AvgIpc) is 2.93. The molecule has 0 spiro atoms. The maximum Gasteiger partial charge on any atom is 0.127 e. The summed E-state index contributed by atoms with van der Waals surface area (Å²) in [5, 5.41) is 6.53. The molecule has 0 aliphatic carbocycles. The van der Waals surface area contributed by atoms with Gasteiger partial charge in [0.1, 0.15) is 11.5 Å². The first-order chi connectivity index (χ1) is 10.3. The van der Waals surface area contributed by atoms with Crippen molar-refractivity contribution < 1.29 is 4.74 Å². The Bertz CT molecular complexity index is 692. The first-order valence-electron chi connectivity index (χ1n) is 6.77. The van der Waals surface area contributed by atoms with Crippen molar-refractivity contribution in [3.05, 3.63) is 70.7 Å².